The van der Waals surface area contributed by atoms with E-state index in [4.69, 9.17) is 5.26 Å². The third kappa shape index (κ3) is 2.65. The Hall–Kier alpha value is -2.99. The van der Waals surface area contributed by atoms with E-state index in [0.29, 0.717) is 15.9 Å². The van der Waals surface area contributed by atoms with Gasteiger partial charge in [-0.15, -0.1) is 5.10 Å². The minimum Gasteiger partial charge on any atom is -0.508 e. The largest absolute Gasteiger partial charge is 0.508 e. The lowest BCUT2D eigenvalue weighted by molar-refractivity contribution is 0.475. The summed E-state index contributed by atoms with van der Waals surface area (Å²) < 4.78 is 1.49. The molecule has 0 unspecified atom stereocenters. The van der Waals surface area contributed by atoms with Crippen molar-refractivity contribution in [2.45, 2.75) is 10.2 Å². The van der Waals surface area contributed by atoms with E-state index in [9.17, 15) is 5.11 Å². The third-order valence-corrected chi connectivity index (χ3v) is 3.42. The van der Waals surface area contributed by atoms with Crippen LogP contribution in [0.2, 0.25) is 0 Å². The quantitative estimate of drug-likeness (QED) is 0.766. The van der Waals surface area contributed by atoms with Crippen LogP contribution in [0.4, 0.5) is 0 Å². The molecule has 1 N–H and O–H groups in total. The van der Waals surface area contributed by atoms with Gasteiger partial charge in [-0.05, 0) is 46.5 Å². The summed E-state index contributed by atoms with van der Waals surface area (Å²) in [5.74, 6) is 0.154. The highest BCUT2D eigenvalue weighted by Gasteiger charge is 2.14. The first kappa shape index (κ1) is 13.0. The number of benzene rings is 1. The number of nitrogens with zero attached hydrogens (tertiary/aromatic N) is 7. The van der Waals surface area contributed by atoms with Crippen molar-refractivity contribution in [2.75, 3.05) is 0 Å². The van der Waals surface area contributed by atoms with Gasteiger partial charge in [0.1, 0.15) is 16.8 Å². The Morgan fingerprint density at radius 2 is 1.90 bits per heavy atom. The highest BCUT2D eigenvalue weighted by molar-refractivity contribution is 7.99. The van der Waals surface area contributed by atoms with Gasteiger partial charge in [-0.25, -0.2) is 9.97 Å². The molecule has 0 amide bonds. The Morgan fingerprint density at radius 3 is 2.67 bits per heavy atom. The van der Waals surface area contributed by atoms with Gasteiger partial charge in [0.15, 0.2) is 5.69 Å². The standard InChI is InChI=1S/C12H7N7OS/c13-7-10-11(15-6-5-14-10)21-12-16-17-18-19(12)8-1-3-9(20)4-2-8/h1-6,20H. The normalized spacial score (nSPS) is 10.2. The number of phenolic OH excluding ortho intramolecular Hbond substituents is 1. The number of phenols is 1. The topological polar surface area (TPSA) is 113 Å². The van der Waals surface area contributed by atoms with Crippen molar-refractivity contribution < 1.29 is 5.11 Å². The minimum atomic E-state index is 0.154. The average molecular weight is 297 g/mol. The molecule has 21 heavy (non-hydrogen) atoms. The molecule has 8 nitrogen and oxygen atoms in total. The molecule has 0 fully saturated rings. The highest BCUT2D eigenvalue weighted by Crippen LogP contribution is 2.27. The second kappa shape index (κ2) is 5.56. The first-order valence-electron chi connectivity index (χ1n) is 5.74. The van der Waals surface area contributed by atoms with Crippen molar-refractivity contribution in [2.24, 2.45) is 0 Å². The lowest BCUT2D eigenvalue weighted by Crippen LogP contribution is -1.99. The summed E-state index contributed by atoms with van der Waals surface area (Å²) >= 11 is 1.14. The zero-order chi connectivity index (χ0) is 14.7. The van der Waals surface area contributed by atoms with Gasteiger partial charge in [-0.3, -0.25) is 0 Å². The first-order valence-corrected chi connectivity index (χ1v) is 6.56. The van der Waals surface area contributed by atoms with Crippen LogP contribution in [0.25, 0.3) is 5.69 Å². The van der Waals surface area contributed by atoms with Crippen LogP contribution in [0.5, 0.6) is 5.75 Å². The number of hydrogen-bond acceptors (Lipinski definition) is 8. The van der Waals surface area contributed by atoms with Crippen LogP contribution in [-0.4, -0.2) is 35.3 Å². The van der Waals surface area contributed by atoms with Gasteiger partial charge in [0.25, 0.3) is 0 Å². The summed E-state index contributed by atoms with van der Waals surface area (Å²) in [7, 11) is 0. The molecule has 1 aromatic carbocycles. The fourth-order valence-corrected chi connectivity index (χ4v) is 2.35. The Morgan fingerprint density at radius 1 is 1.14 bits per heavy atom. The van der Waals surface area contributed by atoms with E-state index < -0.39 is 0 Å². The molecule has 0 radical (unpaired) electrons. The number of tetrazole rings is 1. The fourth-order valence-electron chi connectivity index (χ4n) is 1.56. The SMILES string of the molecule is N#Cc1nccnc1Sc1nnnn1-c1ccc(O)cc1. The second-order valence-corrected chi connectivity index (χ2v) is 4.77. The van der Waals surface area contributed by atoms with Crippen LogP contribution < -0.4 is 0 Å². The van der Waals surface area contributed by atoms with Crippen LogP contribution in [0.1, 0.15) is 5.69 Å². The predicted molar refractivity (Wildman–Crippen MR) is 71.7 cm³/mol. The van der Waals surface area contributed by atoms with Crippen molar-refractivity contribution in [1.29, 1.82) is 5.26 Å². The number of aromatic hydroxyl groups is 1. The van der Waals surface area contributed by atoms with E-state index in [1.54, 1.807) is 12.1 Å². The maximum Gasteiger partial charge on any atom is 0.220 e. The smallest absolute Gasteiger partial charge is 0.220 e. The summed E-state index contributed by atoms with van der Waals surface area (Å²) in [5, 5.41) is 30.6. The molecule has 0 bridgehead atoms. The molecule has 3 aromatic rings. The molecule has 2 heterocycles. The molecule has 0 atom stereocenters. The van der Waals surface area contributed by atoms with Crippen molar-refractivity contribution in [3.05, 3.63) is 42.4 Å². The highest BCUT2D eigenvalue weighted by atomic mass is 32.2. The minimum absolute atomic E-state index is 0.154. The van der Waals surface area contributed by atoms with Gasteiger partial charge < -0.3 is 5.11 Å². The molecule has 3 rings (SSSR count). The number of aromatic nitrogens is 6. The van der Waals surface area contributed by atoms with Gasteiger partial charge in [-0.1, -0.05) is 0 Å². The van der Waals surface area contributed by atoms with E-state index in [-0.39, 0.29) is 11.4 Å². The van der Waals surface area contributed by atoms with Crippen LogP contribution in [-0.2, 0) is 0 Å². The number of nitriles is 1. The summed E-state index contributed by atoms with van der Waals surface area (Å²) in [6.07, 6.45) is 2.95. The number of rotatable bonds is 3. The molecule has 0 spiro atoms. The molecule has 0 aliphatic rings. The lowest BCUT2D eigenvalue weighted by Gasteiger charge is -2.04. The van der Waals surface area contributed by atoms with Gasteiger partial charge in [0.05, 0.1) is 5.69 Å². The summed E-state index contributed by atoms with van der Waals surface area (Å²) in [6, 6.07) is 8.40. The third-order valence-electron chi connectivity index (χ3n) is 2.49. The summed E-state index contributed by atoms with van der Waals surface area (Å²) in [4.78, 5) is 8.04. The van der Waals surface area contributed by atoms with Crippen LogP contribution in [0.3, 0.4) is 0 Å². The van der Waals surface area contributed by atoms with Crippen molar-refractivity contribution in [3.8, 4) is 17.5 Å². The van der Waals surface area contributed by atoms with E-state index in [0.717, 1.165) is 11.8 Å². The summed E-state index contributed by atoms with van der Waals surface area (Å²) in [6.45, 7) is 0. The fraction of sp³-hybridized carbons (Fsp3) is 0. The Labute approximate surface area is 123 Å². The zero-order valence-corrected chi connectivity index (χ0v) is 11.3. The molecule has 9 heteroatoms. The van der Waals surface area contributed by atoms with E-state index >= 15 is 0 Å². The van der Waals surface area contributed by atoms with Crippen molar-refractivity contribution in [1.82, 2.24) is 30.2 Å². The second-order valence-electron chi connectivity index (χ2n) is 3.81. The average Bonchev–Trinajstić information content (AvgIpc) is 2.97. The molecule has 2 aromatic heterocycles. The molecule has 0 saturated heterocycles. The number of hydrogen-bond donors (Lipinski definition) is 1. The molecule has 0 aliphatic heterocycles. The predicted octanol–water partition coefficient (Wildman–Crippen LogP) is 1.18. The van der Waals surface area contributed by atoms with Gasteiger partial charge >= 0.3 is 0 Å². The maximum atomic E-state index is 9.31. The van der Waals surface area contributed by atoms with Crippen molar-refractivity contribution >= 4 is 11.8 Å². The van der Waals surface area contributed by atoms with Gasteiger partial charge in [-0.2, -0.15) is 9.94 Å². The lowest BCUT2D eigenvalue weighted by atomic mass is 10.3. The Bertz CT molecular complexity index is 809. The monoisotopic (exact) mass is 297 g/mol. The van der Waals surface area contributed by atoms with Crippen molar-refractivity contribution in [3.63, 3.8) is 0 Å². The maximum absolute atomic E-state index is 9.31. The molecule has 102 valence electrons. The molecular formula is C12H7N7OS. The Balaban J connectivity index is 1.96. The van der Waals surface area contributed by atoms with Gasteiger partial charge in [0.2, 0.25) is 5.16 Å². The molecule has 0 aliphatic carbocycles. The van der Waals surface area contributed by atoms with Crippen LogP contribution >= 0.6 is 11.8 Å². The first-order chi connectivity index (χ1) is 10.3. The van der Waals surface area contributed by atoms with E-state index in [2.05, 4.69) is 25.5 Å². The zero-order valence-electron chi connectivity index (χ0n) is 10.5. The van der Waals surface area contributed by atoms with Gasteiger partial charge in [0, 0.05) is 12.4 Å². The van der Waals surface area contributed by atoms with E-state index in [1.165, 1.54) is 29.2 Å². The van der Waals surface area contributed by atoms with Crippen LogP contribution in [0, 0.1) is 11.3 Å². The van der Waals surface area contributed by atoms with Crippen LogP contribution in [0.15, 0.2) is 46.8 Å². The van der Waals surface area contributed by atoms with E-state index in [1.807, 2.05) is 6.07 Å². The summed E-state index contributed by atoms with van der Waals surface area (Å²) in [5.41, 5.74) is 0.894. The molecule has 0 saturated carbocycles. The Kier molecular flexibility index (Phi) is 3.44. The molecular weight excluding hydrogens is 290 g/mol.